The molecule has 6 nitrogen and oxygen atoms in total. The van der Waals surface area contributed by atoms with Crippen LogP contribution in [0.3, 0.4) is 0 Å². The molecule has 0 radical (unpaired) electrons. The van der Waals surface area contributed by atoms with Crippen LogP contribution in [0.1, 0.15) is 29.1 Å². The molecule has 0 unspecified atom stereocenters. The first-order valence-corrected chi connectivity index (χ1v) is 9.40. The van der Waals surface area contributed by atoms with Gasteiger partial charge in [-0.1, -0.05) is 24.8 Å². The maximum absolute atomic E-state index is 12.9. The van der Waals surface area contributed by atoms with Gasteiger partial charge in [0.2, 0.25) is 11.8 Å². The maximum Gasteiger partial charge on any atom is 0.263 e. The van der Waals surface area contributed by atoms with Gasteiger partial charge in [-0.3, -0.25) is 9.36 Å². The van der Waals surface area contributed by atoms with Crippen molar-refractivity contribution in [3.05, 3.63) is 45.2 Å². The van der Waals surface area contributed by atoms with Crippen LogP contribution in [0.4, 0.5) is 0 Å². The fourth-order valence-corrected chi connectivity index (χ4v) is 4.24. The summed E-state index contributed by atoms with van der Waals surface area (Å²) >= 11 is 2.97. The van der Waals surface area contributed by atoms with Crippen LogP contribution in [-0.2, 0) is 18.7 Å². The molecule has 126 valence electrons. The number of thiophene rings is 1. The van der Waals surface area contributed by atoms with Crippen molar-refractivity contribution in [2.45, 2.75) is 44.6 Å². The predicted molar refractivity (Wildman–Crippen MR) is 96.8 cm³/mol. The van der Waals surface area contributed by atoms with Crippen LogP contribution in [0, 0.1) is 13.8 Å². The first-order chi connectivity index (χ1) is 11.5. The maximum atomic E-state index is 12.9. The molecule has 0 amide bonds. The minimum absolute atomic E-state index is 0.0240. The van der Waals surface area contributed by atoms with E-state index < -0.39 is 0 Å². The molecule has 0 fully saturated rings. The lowest BCUT2D eigenvalue weighted by Gasteiger charge is -2.09. The van der Waals surface area contributed by atoms with Gasteiger partial charge in [0.1, 0.15) is 4.83 Å². The molecular formula is C16H18N4O2S2. The van der Waals surface area contributed by atoms with Crippen LogP contribution in [-0.4, -0.2) is 19.7 Å². The summed E-state index contributed by atoms with van der Waals surface area (Å²) in [5, 5.41) is 9.31. The Bertz CT molecular complexity index is 955. The number of hydrogen-bond acceptors (Lipinski definition) is 7. The number of thioether (sulfide) groups is 1. The zero-order valence-electron chi connectivity index (χ0n) is 13.8. The van der Waals surface area contributed by atoms with E-state index in [4.69, 9.17) is 4.42 Å². The summed E-state index contributed by atoms with van der Waals surface area (Å²) in [4.78, 5) is 19.4. The van der Waals surface area contributed by atoms with Crippen LogP contribution >= 0.6 is 23.1 Å². The summed E-state index contributed by atoms with van der Waals surface area (Å²) in [7, 11) is 0. The van der Waals surface area contributed by atoms with Crippen molar-refractivity contribution in [2.24, 2.45) is 0 Å². The highest BCUT2D eigenvalue weighted by atomic mass is 32.2. The number of nitrogens with zero attached hydrogens (tertiary/aromatic N) is 4. The number of fused-ring (bicyclic) bond motifs is 1. The second-order valence-corrected chi connectivity index (χ2v) is 7.44. The van der Waals surface area contributed by atoms with Gasteiger partial charge in [-0.15, -0.1) is 28.1 Å². The van der Waals surface area contributed by atoms with E-state index in [-0.39, 0.29) is 5.56 Å². The Kier molecular flexibility index (Phi) is 4.86. The van der Waals surface area contributed by atoms with Gasteiger partial charge in [0.15, 0.2) is 5.16 Å². The average molecular weight is 362 g/mol. The smallest absolute Gasteiger partial charge is 0.263 e. The Morgan fingerprint density at radius 2 is 2.08 bits per heavy atom. The van der Waals surface area contributed by atoms with Crippen molar-refractivity contribution in [1.29, 1.82) is 0 Å². The van der Waals surface area contributed by atoms with Crippen molar-refractivity contribution in [3.63, 3.8) is 0 Å². The highest BCUT2D eigenvalue weighted by molar-refractivity contribution is 7.98. The highest BCUT2D eigenvalue weighted by Crippen LogP contribution is 2.29. The van der Waals surface area contributed by atoms with Crippen molar-refractivity contribution >= 4 is 33.3 Å². The van der Waals surface area contributed by atoms with Crippen molar-refractivity contribution in [2.75, 3.05) is 0 Å². The molecule has 0 saturated heterocycles. The second kappa shape index (κ2) is 6.90. The molecule has 3 aromatic rings. The van der Waals surface area contributed by atoms with Gasteiger partial charge in [0.25, 0.3) is 5.56 Å². The number of allylic oxidation sites excluding steroid dienone is 1. The largest absolute Gasteiger partial charge is 0.424 e. The normalized spacial score (nSPS) is 11.3. The third-order valence-electron chi connectivity index (χ3n) is 3.70. The molecule has 0 bridgehead atoms. The third kappa shape index (κ3) is 3.03. The van der Waals surface area contributed by atoms with E-state index in [1.54, 1.807) is 22.0 Å². The van der Waals surface area contributed by atoms with E-state index in [1.807, 2.05) is 20.8 Å². The fraction of sp³-hybridized carbons (Fsp3) is 0.375. The van der Waals surface area contributed by atoms with Gasteiger partial charge < -0.3 is 4.42 Å². The molecule has 0 aliphatic rings. The minimum atomic E-state index is -0.0240. The number of aromatic nitrogens is 4. The average Bonchev–Trinajstić information content (AvgIpc) is 3.13. The Balaban J connectivity index is 2.00. The lowest BCUT2D eigenvalue weighted by molar-refractivity contribution is 0.469. The molecule has 0 saturated carbocycles. The van der Waals surface area contributed by atoms with E-state index in [0.717, 1.165) is 15.3 Å². The topological polar surface area (TPSA) is 73.8 Å². The fourth-order valence-electron chi connectivity index (χ4n) is 2.32. The molecule has 0 atom stereocenters. The molecule has 0 spiro atoms. The Hall–Kier alpha value is -1.93. The molecule has 0 aromatic carbocycles. The van der Waals surface area contributed by atoms with Gasteiger partial charge in [-0.2, -0.15) is 0 Å². The molecule has 0 N–H and O–H groups in total. The summed E-state index contributed by atoms with van der Waals surface area (Å²) in [6, 6.07) is 0. The molecule has 3 heterocycles. The van der Waals surface area contributed by atoms with Crippen molar-refractivity contribution < 1.29 is 4.42 Å². The second-order valence-electron chi connectivity index (χ2n) is 5.29. The minimum Gasteiger partial charge on any atom is -0.424 e. The first kappa shape index (κ1) is 16.9. The molecule has 8 heteroatoms. The first-order valence-electron chi connectivity index (χ1n) is 7.60. The summed E-state index contributed by atoms with van der Waals surface area (Å²) in [6.45, 7) is 10.1. The monoisotopic (exact) mass is 362 g/mol. The Labute approximate surface area is 147 Å². The molecule has 24 heavy (non-hydrogen) atoms. The van der Waals surface area contributed by atoms with Crippen LogP contribution < -0.4 is 5.56 Å². The molecule has 3 rings (SSSR count). The van der Waals surface area contributed by atoms with Gasteiger partial charge in [0, 0.05) is 17.8 Å². The van der Waals surface area contributed by atoms with Crippen LogP contribution in [0.25, 0.3) is 10.2 Å². The lowest BCUT2D eigenvalue weighted by atomic mass is 10.2. The number of hydrogen-bond donors (Lipinski definition) is 0. The van der Waals surface area contributed by atoms with E-state index in [2.05, 4.69) is 21.8 Å². The summed E-state index contributed by atoms with van der Waals surface area (Å²) in [5.41, 5.74) is 0.982. The van der Waals surface area contributed by atoms with Gasteiger partial charge in [-0.05, 0) is 19.4 Å². The zero-order valence-corrected chi connectivity index (χ0v) is 15.5. The van der Waals surface area contributed by atoms with Crippen LogP contribution in [0.5, 0.6) is 0 Å². The van der Waals surface area contributed by atoms with Crippen LogP contribution in [0.2, 0.25) is 0 Å². The van der Waals surface area contributed by atoms with Crippen molar-refractivity contribution in [1.82, 2.24) is 19.7 Å². The number of rotatable bonds is 6. The van der Waals surface area contributed by atoms with Gasteiger partial charge >= 0.3 is 0 Å². The van der Waals surface area contributed by atoms with E-state index in [9.17, 15) is 4.79 Å². The summed E-state index contributed by atoms with van der Waals surface area (Å²) in [6.07, 6.45) is 2.41. The molecular weight excluding hydrogens is 344 g/mol. The standard InChI is InChI=1S/C16H18N4O2S2/c1-5-7-20-15(21)13-9(3)10(4)24-14(13)17-16(20)23-8-12-19-18-11(6-2)22-12/h5H,1,6-8H2,2-4H3. The van der Waals surface area contributed by atoms with Gasteiger partial charge in [-0.25, -0.2) is 4.98 Å². The predicted octanol–water partition coefficient (Wildman–Crippen LogP) is 3.50. The SMILES string of the molecule is C=CCn1c(SCc2nnc(CC)o2)nc2sc(C)c(C)c2c1=O. The quantitative estimate of drug-likeness (QED) is 0.380. The third-order valence-corrected chi connectivity index (χ3v) is 5.76. The van der Waals surface area contributed by atoms with Crippen molar-refractivity contribution in [3.8, 4) is 0 Å². The Morgan fingerprint density at radius 1 is 1.33 bits per heavy atom. The summed E-state index contributed by atoms with van der Waals surface area (Å²) in [5.74, 6) is 1.63. The van der Waals surface area contributed by atoms with E-state index >= 15 is 0 Å². The Morgan fingerprint density at radius 3 is 2.75 bits per heavy atom. The van der Waals surface area contributed by atoms with E-state index in [1.165, 1.54) is 11.8 Å². The van der Waals surface area contributed by atoms with Gasteiger partial charge in [0.05, 0.1) is 11.1 Å². The highest BCUT2D eigenvalue weighted by Gasteiger charge is 2.17. The lowest BCUT2D eigenvalue weighted by Crippen LogP contribution is -2.22. The van der Waals surface area contributed by atoms with E-state index in [0.29, 0.717) is 41.0 Å². The summed E-state index contributed by atoms with van der Waals surface area (Å²) < 4.78 is 7.17. The molecule has 0 aliphatic heterocycles. The number of aryl methyl sites for hydroxylation is 3. The van der Waals surface area contributed by atoms with Crippen LogP contribution in [0.15, 0.2) is 27.0 Å². The zero-order chi connectivity index (χ0) is 17.3. The molecule has 3 aromatic heterocycles. The molecule has 0 aliphatic carbocycles.